The van der Waals surface area contributed by atoms with Gasteiger partial charge in [0.15, 0.2) is 0 Å². The van der Waals surface area contributed by atoms with Gasteiger partial charge in [-0.2, -0.15) is 5.10 Å². The lowest BCUT2D eigenvalue weighted by Gasteiger charge is -2.09. The van der Waals surface area contributed by atoms with E-state index in [-0.39, 0.29) is 5.91 Å². The first-order valence-corrected chi connectivity index (χ1v) is 6.82. The number of aromatic nitrogens is 2. The van der Waals surface area contributed by atoms with E-state index in [1.165, 1.54) is 12.8 Å². The molecule has 100 valence electrons. The van der Waals surface area contributed by atoms with E-state index in [1.54, 1.807) is 6.20 Å². The van der Waals surface area contributed by atoms with Crippen LogP contribution in [0.5, 0.6) is 0 Å². The van der Waals surface area contributed by atoms with Gasteiger partial charge in [-0.05, 0) is 31.7 Å². The third kappa shape index (κ3) is 4.14. The van der Waals surface area contributed by atoms with Crippen molar-refractivity contribution in [3.63, 3.8) is 0 Å². The Morgan fingerprint density at radius 3 is 3.11 bits per heavy atom. The van der Waals surface area contributed by atoms with Crippen LogP contribution >= 0.6 is 0 Å². The van der Waals surface area contributed by atoms with Crippen LogP contribution in [-0.2, 0) is 11.3 Å². The summed E-state index contributed by atoms with van der Waals surface area (Å²) < 4.78 is 1.85. The largest absolute Gasteiger partial charge is 0.310 e. The number of hydrogen-bond donors (Lipinski definition) is 2. The molecule has 2 N–H and O–H groups in total. The van der Waals surface area contributed by atoms with Gasteiger partial charge in [0.2, 0.25) is 5.91 Å². The van der Waals surface area contributed by atoms with Gasteiger partial charge in [0.25, 0.3) is 0 Å². The maximum absolute atomic E-state index is 11.7. The van der Waals surface area contributed by atoms with Crippen LogP contribution in [0, 0.1) is 5.92 Å². The summed E-state index contributed by atoms with van der Waals surface area (Å²) in [5.41, 5.74) is 0. The molecule has 1 amide bonds. The Morgan fingerprint density at radius 1 is 1.56 bits per heavy atom. The Hall–Kier alpha value is -1.36. The molecule has 0 saturated heterocycles. The van der Waals surface area contributed by atoms with Crippen LogP contribution in [0.15, 0.2) is 12.3 Å². The zero-order valence-corrected chi connectivity index (χ0v) is 11.0. The number of carbonyl (C=O) groups excluding carboxylic acids is 1. The highest BCUT2D eigenvalue weighted by Gasteiger charge is 2.20. The number of amides is 1. The topological polar surface area (TPSA) is 59.0 Å². The second kappa shape index (κ2) is 6.54. The highest BCUT2D eigenvalue weighted by molar-refractivity contribution is 5.91. The Morgan fingerprint density at radius 2 is 2.39 bits per heavy atom. The first-order chi connectivity index (χ1) is 8.79. The van der Waals surface area contributed by atoms with Gasteiger partial charge < -0.3 is 10.6 Å². The summed E-state index contributed by atoms with van der Waals surface area (Å²) in [7, 11) is 0. The van der Waals surface area contributed by atoms with E-state index < -0.39 is 0 Å². The van der Waals surface area contributed by atoms with Gasteiger partial charge in [0.1, 0.15) is 5.82 Å². The second-order valence-electron chi connectivity index (χ2n) is 4.92. The van der Waals surface area contributed by atoms with Crippen molar-refractivity contribution in [2.24, 2.45) is 5.92 Å². The van der Waals surface area contributed by atoms with Crippen molar-refractivity contribution in [3.05, 3.63) is 12.3 Å². The Labute approximate surface area is 108 Å². The van der Waals surface area contributed by atoms with Gasteiger partial charge in [-0.3, -0.25) is 4.79 Å². The van der Waals surface area contributed by atoms with Gasteiger partial charge in [-0.25, -0.2) is 4.68 Å². The molecule has 18 heavy (non-hydrogen) atoms. The summed E-state index contributed by atoms with van der Waals surface area (Å²) in [6.07, 6.45) is 6.53. The third-order valence-corrected chi connectivity index (χ3v) is 3.12. The van der Waals surface area contributed by atoms with E-state index in [4.69, 9.17) is 0 Å². The van der Waals surface area contributed by atoms with E-state index in [9.17, 15) is 4.79 Å². The van der Waals surface area contributed by atoms with Crippen molar-refractivity contribution in [1.29, 1.82) is 0 Å². The van der Waals surface area contributed by atoms with Gasteiger partial charge in [-0.15, -0.1) is 0 Å². The van der Waals surface area contributed by atoms with Gasteiger partial charge in [-0.1, -0.05) is 13.3 Å². The average Bonchev–Trinajstić information content (AvgIpc) is 3.07. The Balaban J connectivity index is 1.72. The lowest BCUT2D eigenvalue weighted by molar-refractivity contribution is -0.115. The predicted molar refractivity (Wildman–Crippen MR) is 71.4 cm³/mol. The fourth-order valence-electron chi connectivity index (χ4n) is 1.82. The molecule has 1 aliphatic carbocycles. The molecule has 1 aromatic heterocycles. The lowest BCUT2D eigenvalue weighted by Crippen LogP contribution is -2.30. The minimum Gasteiger partial charge on any atom is -0.310 e. The fourth-order valence-corrected chi connectivity index (χ4v) is 1.82. The molecule has 2 rings (SSSR count). The van der Waals surface area contributed by atoms with E-state index >= 15 is 0 Å². The first kappa shape index (κ1) is 13.1. The summed E-state index contributed by atoms with van der Waals surface area (Å²) in [5, 5.41) is 10.3. The van der Waals surface area contributed by atoms with Gasteiger partial charge >= 0.3 is 0 Å². The normalized spacial score (nSPS) is 14.7. The highest BCUT2D eigenvalue weighted by Crippen LogP contribution is 2.27. The van der Waals surface area contributed by atoms with E-state index in [0.29, 0.717) is 6.54 Å². The zero-order chi connectivity index (χ0) is 12.8. The number of nitrogens with zero attached hydrogens (tertiary/aromatic N) is 2. The van der Waals surface area contributed by atoms with Crippen molar-refractivity contribution in [2.45, 2.75) is 39.2 Å². The molecular weight excluding hydrogens is 228 g/mol. The van der Waals surface area contributed by atoms with E-state index in [1.807, 2.05) is 10.7 Å². The third-order valence-electron chi connectivity index (χ3n) is 3.12. The fraction of sp³-hybridized carbons (Fsp3) is 0.692. The van der Waals surface area contributed by atoms with Crippen LogP contribution in [0.25, 0.3) is 0 Å². The number of rotatable bonds is 8. The number of unbranched alkanes of at least 4 members (excludes halogenated alkanes) is 1. The molecule has 1 aliphatic rings. The van der Waals surface area contributed by atoms with Crippen LogP contribution in [0.3, 0.4) is 0 Å². The number of aryl methyl sites for hydroxylation is 1. The quantitative estimate of drug-likeness (QED) is 0.737. The monoisotopic (exact) mass is 250 g/mol. The first-order valence-electron chi connectivity index (χ1n) is 6.82. The van der Waals surface area contributed by atoms with Gasteiger partial charge in [0.05, 0.1) is 12.7 Å². The number of nitrogens with one attached hydrogen (secondary N) is 2. The summed E-state index contributed by atoms with van der Waals surface area (Å²) in [5.74, 6) is 1.60. The molecular formula is C13H22N4O. The molecule has 0 spiro atoms. The summed E-state index contributed by atoms with van der Waals surface area (Å²) in [6, 6.07) is 1.84. The van der Waals surface area contributed by atoms with Crippen LogP contribution < -0.4 is 10.6 Å². The lowest BCUT2D eigenvalue weighted by atomic mass is 10.3. The van der Waals surface area contributed by atoms with Gasteiger partial charge in [0, 0.05) is 12.6 Å². The molecule has 5 nitrogen and oxygen atoms in total. The summed E-state index contributed by atoms with van der Waals surface area (Å²) in [4.78, 5) is 11.7. The van der Waals surface area contributed by atoms with E-state index in [0.717, 1.165) is 37.7 Å². The predicted octanol–water partition coefficient (Wildman–Crippen LogP) is 1.62. The smallest absolute Gasteiger partial charge is 0.239 e. The van der Waals surface area contributed by atoms with Crippen LogP contribution in [-0.4, -0.2) is 28.8 Å². The minimum atomic E-state index is 0.00824. The molecule has 0 bridgehead atoms. The molecule has 1 heterocycles. The molecule has 0 atom stereocenters. The highest BCUT2D eigenvalue weighted by atomic mass is 16.2. The number of carbonyl (C=O) groups is 1. The molecule has 1 fully saturated rings. The number of anilines is 1. The van der Waals surface area contributed by atoms with Crippen molar-refractivity contribution in [3.8, 4) is 0 Å². The molecule has 1 aromatic rings. The van der Waals surface area contributed by atoms with E-state index in [2.05, 4.69) is 22.7 Å². The van der Waals surface area contributed by atoms with Crippen molar-refractivity contribution >= 4 is 11.7 Å². The average molecular weight is 250 g/mol. The molecule has 0 aliphatic heterocycles. The van der Waals surface area contributed by atoms with Crippen molar-refractivity contribution < 1.29 is 4.79 Å². The minimum absolute atomic E-state index is 0.00824. The Bertz CT molecular complexity index is 384. The standard InChI is InChI=1S/C13H22N4O/c1-2-3-8-17-12(6-7-15-17)16-13(18)10-14-9-11-4-5-11/h6-7,11,14H,2-5,8-10H2,1H3,(H,16,18). The van der Waals surface area contributed by atoms with Crippen molar-refractivity contribution in [1.82, 2.24) is 15.1 Å². The number of hydrogen-bond acceptors (Lipinski definition) is 3. The summed E-state index contributed by atoms with van der Waals surface area (Å²) in [6.45, 7) is 4.34. The maximum atomic E-state index is 11.7. The molecule has 5 heteroatoms. The van der Waals surface area contributed by atoms with Crippen LogP contribution in [0.4, 0.5) is 5.82 Å². The second-order valence-corrected chi connectivity index (χ2v) is 4.92. The molecule has 0 aromatic carbocycles. The Kier molecular flexibility index (Phi) is 4.75. The molecule has 1 saturated carbocycles. The SMILES string of the molecule is CCCCn1nccc1NC(=O)CNCC1CC1. The molecule has 0 unspecified atom stereocenters. The zero-order valence-electron chi connectivity index (χ0n) is 11.0. The van der Waals surface area contributed by atoms with Crippen molar-refractivity contribution in [2.75, 3.05) is 18.4 Å². The van der Waals surface area contributed by atoms with Crippen LogP contribution in [0.2, 0.25) is 0 Å². The maximum Gasteiger partial charge on any atom is 0.239 e. The summed E-state index contributed by atoms with van der Waals surface area (Å²) >= 11 is 0. The molecule has 0 radical (unpaired) electrons. The van der Waals surface area contributed by atoms with Crippen LogP contribution in [0.1, 0.15) is 32.6 Å².